The van der Waals surface area contributed by atoms with Crippen molar-refractivity contribution < 1.29 is 4.74 Å². The van der Waals surface area contributed by atoms with E-state index in [0.29, 0.717) is 0 Å². The molecule has 0 bridgehead atoms. The Kier molecular flexibility index (Phi) is 5.79. The summed E-state index contributed by atoms with van der Waals surface area (Å²) in [5.41, 5.74) is 2.45. The van der Waals surface area contributed by atoms with E-state index in [1.807, 2.05) is 12.3 Å². The number of rotatable bonds is 8. The number of nitrogens with zero attached hydrogens (tertiary/aromatic N) is 1. The molecule has 0 aliphatic carbocycles. The molecular formula is C16H22N2O. The van der Waals surface area contributed by atoms with E-state index in [4.69, 9.17) is 4.74 Å². The number of benzene rings is 1. The van der Waals surface area contributed by atoms with Crippen molar-refractivity contribution in [2.45, 2.75) is 19.3 Å². The fourth-order valence-electron chi connectivity index (χ4n) is 2.21. The van der Waals surface area contributed by atoms with Gasteiger partial charge >= 0.3 is 0 Å². The summed E-state index contributed by atoms with van der Waals surface area (Å²) in [6.07, 6.45) is 5.18. The monoisotopic (exact) mass is 258 g/mol. The molecule has 0 saturated heterocycles. The first-order valence-corrected chi connectivity index (χ1v) is 6.94. The largest absolute Gasteiger partial charge is 0.385 e. The lowest BCUT2D eigenvalue weighted by molar-refractivity contribution is 0.192. The highest BCUT2D eigenvalue weighted by atomic mass is 16.5. The number of fused-ring (bicyclic) bond motifs is 1. The van der Waals surface area contributed by atoms with Crippen molar-refractivity contribution in [3.05, 3.63) is 42.1 Å². The first-order valence-electron chi connectivity index (χ1n) is 6.94. The van der Waals surface area contributed by atoms with Crippen LogP contribution in [-0.2, 0) is 11.2 Å². The molecule has 1 aromatic heterocycles. The van der Waals surface area contributed by atoms with Crippen molar-refractivity contribution in [3.63, 3.8) is 0 Å². The van der Waals surface area contributed by atoms with E-state index in [1.54, 1.807) is 7.11 Å². The van der Waals surface area contributed by atoms with Crippen LogP contribution in [-0.4, -0.2) is 31.8 Å². The second-order valence-corrected chi connectivity index (χ2v) is 4.69. The lowest BCUT2D eigenvalue weighted by atomic mass is 10.1. The van der Waals surface area contributed by atoms with Gasteiger partial charge in [-0.3, -0.25) is 4.98 Å². The van der Waals surface area contributed by atoms with Crippen LogP contribution in [0.2, 0.25) is 0 Å². The highest BCUT2D eigenvalue weighted by Crippen LogP contribution is 2.15. The van der Waals surface area contributed by atoms with E-state index < -0.39 is 0 Å². The van der Waals surface area contributed by atoms with Crippen molar-refractivity contribution in [1.82, 2.24) is 10.3 Å². The van der Waals surface area contributed by atoms with Gasteiger partial charge < -0.3 is 10.1 Å². The average Bonchev–Trinajstić information content (AvgIpc) is 2.46. The van der Waals surface area contributed by atoms with Crippen LogP contribution in [0.1, 0.15) is 18.4 Å². The van der Waals surface area contributed by atoms with Crippen molar-refractivity contribution >= 4 is 10.9 Å². The topological polar surface area (TPSA) is 34.1 Å². The Labute approximate surface area is 115 Å². The molecule has 1 N–H and O–H groups in total. The number of hydrogen-bond donors (Lipinski definition) is 1. The molecule has 0 amide bonds. The summed E-state index contributed by atoms with van der Waals surface area (Å²) in [5.74, 6) is 0. The van der Waals surface area contributed by atoms with E-state index in [-0.39, 0.29) is 0 Å². The third-order valence-electron chi connectivity index (χ3n) is 3.24. The van der Waals surface area contributed by atoms with Crippen LogP contribution in [0.3, 0.4) is 0 Å². The molecule has 0 aliphatic heterocycles. The summed E-state index contributed by atoms with van der Waals surface area (Å²) in [4.78, 5) is 4.48. The molecule has 0 aliphatic rings. The predicted octanol–water partition coefficient (Wildman–Crippen LogP) is 2.79. The second-order valence-electron chi connectivity index (χ2n) is 4.69. The lowest BCUT2D eigenvalue weighted by Gasteiger charge is -2.07. The fraction of sp³-hybridized carbons (Fsp3) is 0.438. The zero-order chi connectivity index (χ0) is 13.3. The van der Waals surface area contributed by atoms with Crippen molar-refractivity contribution in [1.29, 1.82) is 0 Å². The SMILES string of the molecule is COCCCCNCCc1cccc2cccnc12. The minimum atomic E-state index is 0.856. The zero-order valence-electron chi connectivity index (χ0n) is 11.6. The number of hydrogen-bond acceptors (Lipinski definition) is 3. The maximum absolute atomic E-state index is 5.03. The summed E-state index contributed by atoms with van der Waals surface area (Å²) in [5, 5.41) is 4.70. The number of pyridine rings is 1. The first-order chi connectivity index (χ1) is 9.42. The Bertz CT molecular complexity index is 494. The molecule has 0 saturated carbocycles. The molecule has 2 rings (SSSR count). The molecule has 2 aromatic rings. The number of para-hydroxylation sites is 1. The average molecular weight is 258 g/mol. The Morgan fingerprint density at radius 3 is 2.89 bits per heavy atom. The van der Waals surface area contributed by atoms with Crippen LogP contribution >= 0.6 is 0 Å². The van der Waals surface area contributed by atoms with Gasteiger partial charge in [-0.25, -0.2) is 0 Å². The maximum atomic E-state index is 5.03. The Morgan fingerprint density at radius 2 is 2.00 bits per heavy atom. The van der Waals surface area contributed by atoms with Crippen LogP contribution in [0.5, 0.6) is 0 Å². The lowest BCUT2D eigenvalue weighted by Crippen LogP contribution is -2.19. The molecule has 0 unspecified atom stereocenters. The summed E-state index contributed by atoms with van der Waals surface area (Å²) in [7, 11) is 1.75. The summed E-state index contributed by atoms with van der Waals surface area (Å²) in [6.45, 7) is 2.92. The number of unbranched alkanes of at least 4 members (excludes halogenated alkanes) is 1. The first kappa shape index (κ1) is 14.0. The third-order valence-corrected chi connectivity index (χ3v) is 3.24. The number of nitrogens with one attached hydrogen (secondary N) is 1. The minimum absolute atomic E-state index is 0.856. The number of ether oxygens (including phenoxy) is 1. The summed E-state index contributed by atoms with van der Waals surface area (Å²) < 4.78 is 5.03. The van der Waals surface area contributed by atoms with Gasteiger partial charge in [0.25, 0.3) is 0 Å². The standard InChI is InChI=1S/C16H22N2O/c1-19-13-3-2-10-17-12-9-15-7-4-6-14-8-5-11-18-16(14)15/h4-8,11,17H,2-3,9-10,12-13H2,1H3. The molecule has 0 radical (unpaired) electrons. The van der Waals surface area contributed by atoms with Gasteiger partial charge in [0.15, 0.2) is 0 Å². The molecule has 3 heteroatoms. The minimum Gasteiger partial charge on any atom is -0.385 e. The van der Waals surface area contributed by atoms with Gasteiger partial charge in [0.2, 0.25) is 0 Å². The van der Waals surface area contributed by atoms with E-state index in [2.05, 4.69) is 34.6 Å². The second kappa shape index (κ2) is 7.87. The number of aromatic nitrogens is 1. The summed E-state index contributed by atoms with van der Waals surface area (Å²) >= 11 is 0. The van der Waals surface area contributed by atoms with E-state index >= 15 is 0 Å². The van der Waals surface area contributed by atoms with E-state index in [9.17, 15) is 0 Å². The Morgan fingerprint density at radius 1 is 1.11 bits per heavy atom. The zero-order valence-corrected chi connectivity index (χ0v) is 11.6. The quantitative estimate of drug-likeness (QED) is 0.739. The molecule has 0 fully saturated rings. The molecule has 1 aromatic carbocycles. The Hall–Kier alpha value is -1.45. The normalized spacial score (nSPS) is 11.0. The third kappa shape index (κ3) is 4.30. The smallest absolute Gasteiger partial charge is 0.0734 e. The molecule has 1 heterocycles. The van der Waals surface area contributed by atoms with Crippen LogP contribution in [0, 0.1) is 0 Å². The van der Waals surface area contributed by atoms with Crippen LogP contribution < -0.4 is 5.32 Å². The molecule has 102 valence electrons. The maximum Gasteiger partial charge on any atom is 0.0734 e. The fourth-order valence-corrected chi connectivity index (χ4v) is 2.21. The van der Waals surface area contributed by atoms with Crippen molar-refractivity contribution in [3.8, 4) is 0 Å². The highest BCUT2D eigenvalue weighted by molar-refractivity contribution is 5.81. The molecule has 19 heavy (non-hydrogen) atoms. The van der Waals surface area contributed by atoms with Gasteiger partial charge in [-0.05, 0) is 44.0 Å². The Balaban J connectivity index is 1.78. The van der Waals surface area contributed by atoms with Crippen LogP contribution in [0.4, 0.5) is 0 Å². The summed E-state index contributed by atoms with van der Waals surface area (Å²) in [6, 6.07) is 10.5. The molecule has 0 spiro atoms. The number of methoxy groups -OCH3 is 1. The van der Waals surface area contributed by atoms with Gasteiger partial charge in [0.05, 0.1) is 5.52 Å². The van der Waals surface area contributed by atoms with Gasteiger partial charge in [0, 0.05) is 25.3 Å². The van der Waals surface area contributed by atoms with Gasteiger partial charge in [-0.1, -0.05) is 24.3 Å². The van der Waals surface area contributed by atoms with Crippen LogP contribution in [0.25, 0.3) is 10.9 Å². The van der Waals surface area contributed by atoms with Gasteiger partial charge in [-0.2, -0.15) is 0 Å². The predicted molar refractivity (Wildman–Crippen MR) is 79.4 cm³/mol. The van der Waals surface area contributed by atoms with Gasteiger partial charge in [-0.15, -0.1) is 0 Å². The molecule has 3 nitrogen and oxygen atoms in total. The molecular weight excluding hydrogens is 236 g/mol. The van der Waals surface area contributed by atoms with Crippen molar-refractivity contribution in [2.24, 2.45) is 0 Å². The molecule has 0 atom stereocenters. The van der Waals surface area contributed by atoms with E-state index in [0.717, 1.165) is 38.1 Å². The van der Waals surface area contributed by atoms with Crippen LogP contribution in [0.15, 0.2) is 36.5 Å². The van der Waals surface area contributed by atoms with Crippen molar-refractivity contribution in [2.75, 3.05) is 26.8 Å². The van der Waals surface area contributed by atoms with Gasteiger partial charge in [0.1, 0.15) is 0 Å². The van der Waals surface area contributed by atoms with E-state index in [1.165, 1.54) is 17.4 Å². The highest BCUT2D eigenvalue weighted by Gasteiger charge is 2.00.